The van der Waals surface area contributed by atoms with E-state index in [2.05, 4.69) is 11.6 Å². The van der Waals surface area contributed by atoms with Gasteiger partial charge in [-0.15, -0.1) is 0 Å². The van der Waals surface area contributed by atoms with Gasteiger partial charge in [0, 0.05) is 5.75 Å². The molecule has 0 aliphatic carbocycles. The highest BCUT2D eigenvalue weighted by Gasteiger charge is 2.01. The van der Waals surface area contributed by atoms with E-state index in [9.17, 15) is 0 Å². The molecule has 2 radical (unpaired) electrons. The zero-order chi connectivity index (χ0) is 10.4. The standard InChI is InChI=1S/C10H14BNOS/c1-3-6-14-12-9-7-8(11)4-5-10(9)13-2/h4-5,7,12H,3,6H2,1-2H3. The number of hydrogen-bond acceptors (Lipinski definition) is 3. The van der Waals surface area contributed by atoms with Crippen molar-refractivity contribution in [3.8, 4) is 5.75 Å². The monoisotopic (exact) mass is 207 g/mol. The molecule has 2 nitrogen and oxygen atoms in total. The molecule has 0 bridgehead atoms. The maximum Gasteiger partial charge on any atom is 0.142 e. The van der Waals surface area contributed by atoms with Crippen molar-refractivity contribution in [3.05, 3.63) is 18.2 Å². The minimum Gasteiger partial charge on any atom is -0.495 e. The Morgan fingerprint density at radius 1 is 1.50 bits per heavy atom. The topological polar surface area (TPSA) is 21.3 Å². The lowest BCUT2D eigenvalue weighted by atomic mass is 9.96. The number of benzene rings is 1. The molecule has 74 valence electrons. The first-order valence-electron chi connectivity index (χ1n) is 4.59. The van der Waals surface area contributed by atoms with Crippen LogP contribution in [0, 0.1) is 0 Å². The van der Waals surface area contributed by atoms with Crippen molar-refractivity contribution < 1.29 is 4.74 Å². The summed E-state index contributed by atoms with van der Waals surface area (Å²) in [6, 6.07) is 5.57. The Bertz CT molecular complexity index is 293. The van der Waals surface area contributed by atoms with Crippen LogP contribution in [0.4, 0.5) is 5.69 Å². The molecule has 0 aliphatic rings. The predicted octanol–water partition coefficient (Wildman–Crippen LogP) is 1.96. The third-order valence-electron chi connectivity index (χ3n) is 1.71. The summed E-state index contributed by atoms with van der Waals surface area (Å²) in [6.45, 7) is 2.14. The summed E-state index contributed by atoms with van der Waals surface area (Å²) < 4.78 is 8.42. The molecule has 4 heteroatoms. The van der Waals surface area contributed by atoms with Crippen molar-refractivity contribution in [2.45, 2.75) is 13.3 Å². The van der Waals surface area contributed by atoms with Gasteiger partial charge >= 0.3 is 0 Å². The number of hydrogen-bond donors (Lipinski definition) is 1. The van der Waals surface area contributed by atoms with Gasteiger partial charge in [-0.1, -0.05) is 30.4 Å². The van der Waals surface area contributed by atoms with Crippen LogP contribution in [0.3, 0.4) is 0 Å². The molecule has 0 fully saturated rings. The van der Waals surface area contributed by atoms with E-state index in [1.54, 1.807) is 19.1 Å². The van der Waals surface area contributed by atoms with E-state index in [1.165, 1.54) is 0 Å². The molecule has 0 aromatic heterocycles. The zero-order valence-corrected chi connectivity index (χ0v) is 9.36. The first-order valence-corrected chi connectivity index (χ1v) is 5.57. The minimum absolute atomic E-state index is 0.741. The van der Waals surface area contributed by atoms with Gasteiger partial charge < -0.3 is 9.46 Å². The largest absolute Gasteiger partial charge is 0.495 e. The van der Waals surface area contributed by atoms with Crippen LogP contribution in [-0.2, 0) is 0 Å². The molecular formula is C10H14BNOS. The molecule has 0 atom stereocenters. The van der Waals surface area contributed by atoms with Crippen LogP contribution in [-0.4, -0.2) is 20.7 Å². The van der Waals surface area contributed by atoms with E-state index >= 15 is 0 Å². The van der Waals surface area contributed by atoms with Gasteiger partial charge in [0.05, 0.1) is 12.8 Å². The minimum atomic E-state index is 0.741. The Balaban J connectivity index is 2.67. The number of ether oxygens (including phenoxy) is 1. The summed E-state index contributed by atoms with van der Waals surface area (Å²) >= 11 is 1.66. The van der Waals surface area contributed by atoms with Crippen LogP contribution in [0.25, 0.3) is 0 Å². The van der Waals surface area contributed by atoms with Gasteiger partial charge in [-0.2, -0.15) is 0 Å². The molecule has 1 aromatic carbocycles. The Morgan fingerprint density at radius 3 is 2.93 bits per heavy atom. The van der Waals surface area contributed by atoms with Crippen LogP contribution in [0.15, 0.2) is 18.2 Å². The molecule has 1 rings (SSSR count). The second kappa shape index (κ2) is 5.86. The van der Waals surface area contributed by atoms with Crippen LogP contribution < -0.4 is 14.9 Å². The van der Waals surface area contributed by atoms with E-state index < -0.39 is 0 Å². The second-order valence-electron chi connectivity index (χ2n) is 2.91. The molecule has 0 saturated carbocycles. The lowest BCUT2D eigenvalue weighted by molar-refractivity contribution is 0.417. The summed E-state index contributed by atoms with van der Waals surface area (Å²) in [5.41, 5.74) is 1.68. The molecule has 14 heavy (non-hydrogen) atoms. The van der Waals surface area contributed by atoms with E-state index in [-0.39, 0.29) is 0 Å². The molecule has 0 aliphatic heterocycles. The Hall–Kier alpha value is -0.765. The maximum atomic E-state index is 5.68. The Labute approximate surface area is 91.0 Å². The predicted molar refractivity (Wildman–Crippen MR) is 64.8 cm³/mol. The van der Waals surface area contributed by atoms with Crippen molar-refractivity contribution in [1.82, 2.24) is 0 Å². The molecule has 0 amide bonds. The fraction of sp³-hybridized carbons (Fsp3) is 0.400. The highest BCUT2D eigenvalue weighted by atomic mass is 32.2. The first kappa shape index (κ1) is 11.3. The average Bonchev–Trinajstić information content (AvgIpc) is 2.19. The summed E-state index contributed by atoms with van der Waals surface area (Å²) in [5, 5.41) is 0. The normalized spacial score (nSPS) is 9.86. The summed E-state index contributed by atoms with van der Waals surface area (Å²) in [5.74, 6) is 1.89. The number of methoxy groups -OCH3 is 1. The fourth-order valence-electron chi connectivity index (χ4n) is 1.04. The van der Waals surface area contributed by atoms with Crippen molar-refractivity contribution in [3.63, 3.8) is 0 Å². The highest BCUT2D eigenvalue weighted by Crippen LogP contribution is 2.24. The summed E-state index contributed by atoms with van der Waals surface area (Å²) in [4.78, 5) is 0. The van der Waals surface area contributed by atoms with Crippen molar-refractivity contribution in [1.29, 1.82) is 0 Å². The van der Waals surface area contributed by atoms with Crippen molar-refractivity contribution in [2.24, 2.45) is 0 Å². The first-order chi connectivity index (χ1) is 6.77. The SMILES string of the molecule is [B]c1ccc(OC)c(NSCCC)c1. The van der Waals surface area contributed by atoms with Crippen molar-refractivity contribution >= 4 is 30.9 Å². The molecule has 0 saturated heterocycles. The quantitative estimate of drug-likeness (QED) is 0.453. The molecule has 0 heterocycles. The van der Waals surface area contributed by atoms with Gasteiger partial charge in [0.25, 0.3) is 0 Å². The number of rotatable bonds is 5. The van der Waals surface area contributed by atoms with Gasteiger partial charge in [-0.25, -0.2) is 0 Å². The smallest absolute Gasteiger partial charge is 0.142 e. The zero-order valence-electron chi connectivity index (χ0n) is 8.54. The van der Waals surface area contributed by atoms with Crippen LogP contribution in [0.2, 0.25) is 0 Å². The summed E-state index contributed by atoms with van der Waals surface area (Å²) in [6.07, 6.45) is 1.14. The van der Waals surface area contributed by atoms with Gasteiger partial charge in [-0.3, -0.25) is 0 Å². The fourth-order valence-corrected chi connectivity index (χ4v) is 1.66. The van der Waals surface area contributed by atoms with E-state index in [1.807, 2.05) is 18.2 Å². The van der Waals surface area contributed by atoms with E-state index in [0.29, 0.717) is 0 Å². The summed E-state index contributed by atoms with van der Waals surface area (Å²) in [7, 11) is 7.34. The molecule has 1 N–H and O–H groups in total. The maximum absolute atomic E-state index is 5.68. The molecule has 1 aromatic rings. The average molecular weight is 207 g/mol. The third kappa shape index (κ3) is 3.18. The lowest BCUT2D eigenvalue weighted by Crippen LogP contribution is -2.04. The number of nitrogens with one attached hydrogen (secondary N) is 1. The highest BCUT2D eigenvalue weighted by molar-refractivity contribution is 8.00. The molecule has 0 spiro atoms. The van der Waals surface area contributed by atoms with E-state index in [4.69, 9.17) is 12.6 Å². The lowest BCUT2D eigenvalue weighted by Gasteiger charge is -2.10. The van der Waals surface area contributed by atoms with Gasteiger partial charge in [0.2, 0.25) is 0 Å². The van der Waals surface area contributed by atoms with Gasteiger partial charge in [-0.05, 0) is 18.6 Å². The molecule has 0 unspecified atom stereocenters. The van der Waals surface area contributed by atoms with Crippen LogP contribution in [0.1, 0.15) is 13.3 Å². The Morgan fingerprint density at radius 2 is 2.29 bits per heavy atom. The van der Waals surface area contributed by atoms with Gasteiger partial charge in [0.15, 0.2) is 0 Å². The van der Waals surface area contributed by atoms with Crippen LogP contribution in [0.5, 0.6) is 5.75 Å². The second-order valence-corrected chi connectivity index (χ2v) is 3.81. The molecular weight excluding hydrogens is 193 g/mol. The van der Waals surface area contributed by atoms with Crippen molar-refractivity contribution in [2.75, 3.05) is 17.6 Å². The Kier molecular flexibility index (Phi) is 4.73. The van der Waals surface area contributed by atoms with Gasteiger partial charge in [0.1, 0.15) is 13.6 Å². The van der Waals surface area contributed by atoms with E-state index in [0.717, 1.165) is 29.1 Å². The third-order valence-corrected chi connectivity index (χ3v) is 2.69. The van der Waals surface area contributed by atoms with Crippen LogP contribution >= 0.6 is 11.9 Å². The number of anilines is 1.